The van der Waals surface area contributed by atoms with Gasteiger partial charge in [0.25, 0.3) is 0 Å². The van der Waals surface area contributed by atoms with Crippen LogP contribution in [0.15, 0.2) is 18.2 Å². The number of ether oxygens (including phenoxy) is 2. The Balaban J connectivity index is 2.20. The van der Waals surface area contributed by atoms with Gasteiger partial charge in [-0.15, -0.1) is 0 Å². The molecule has 1 aliphatic heterocycles. The highest BCUT2D eigenvalue weighted by molar-refractivity contribution is 5.43. The summed E-state index contributed by atoms with van der Waals surface area (Å²) in [4.78, 5) is 0. The monoisotopic (exact) mass is 250 g/mol. The summed E-state index contributed by atoms with van der Waals surface area (Å²) in [6.45, 7) is 4.36. The first-order valence-corrected chi connectivity index (χ1v) is 6.68. The first-order valence-electron chi connectivity index (χ1n) is 6.68. The summed E-state index contributed by atoms with van der Waals surface area (Å²) >= 11 is 0. The Morgan fingerprint density at radius 2 is 2.28 bits per heavy atom. The van der Waals surface area contributed by atoms with E-state index in [0.29, 0.717) is 12.3 Å². The van der Waals surface area contributed by atoms with Crippen LogP contribution in [0, 0.1) is 5.92 Å². The van der Waals surface area contributed by atoms with Gasteiger partial charge < -0.3 is 14.6 Å². The molecule has 3 nitrogen and oxygen atoms in total. The standard InChI is InChI=1S/C15H22O3/c1-4-5-10(2)14-9-13(16)12-7-6-11(17-3)8-15(12)18-14/h6-8,10,13-14,16H,4-5,9H2,1-3H3. The second-order valence-corrected chi connectivity index (χ2v) is 5.08. The summed E-state index contributed by atoms with van der Waals surface area (Å²) in [5, 5.41) is 10.2. The number of hydrogen-bond donors (Lipinski definition) is 1. The van der Waals surface area contributed by atoms with E-state index in [4.69, 9.17) is 9.47 Å². The van der Waals surface area contributed by atoms with Crippen LogP contribution in [0.4, 0.5) is 0 Å². The van der Waals surface area contributed by atoms with E-state index in [1.54, 1.807) is 7.11 Å². The number of rotatable bonds is 4. The minimum Gasteiger partial charge on any atom is -0.497 e. The van der Waals surface area contributed by atoms with Crippen molar-refractivity contribution in [2.24, 2.45) is 5.92 Å². The molecular formula is C15H22O3. The van der Waals surface area contributed by atoms with Crippen molar-refractivity contribution in [1.82, 2.24) is 0 Å². The SMILES string of the molecule is CCCC(C)C1CC(O)c2ccc(OC)cc2O1. The molecule has 1 aliphatic rings. The average molecular weight is 250 g/mol. The lowest BCUT2D eigenvalue weighted by Crippen LogP contribution is -2.31. The van der Waals surface area contributed by atoms with Gasteiger partial charge in [0, 0.05) is 18.1 Å². The molecule has 0 spiro atoms. The van der Waals surface area contributed by atoms with Crippen molar-refractivity contribution in [2.45, 2.75) is 45.3 Å². The van der Waals surface area contributed by atoms with Crippen LogP contribution in [0.1, 0.15) is 44.8 Å². The van der Waals surface area contributed by atoms with Gasteiger partial charge in [0.2, 0.25) is 0 Å². The first-order chi connectivity index (χ1) is 8.65. The fourth-order valence-corrected chi connectivity index (χ4v) is 2.57. The van der Waals surface area contributed by atoms with Crippen molar-refractivity contribution in [1.29, 1.82) is 0 Å². The van der Waals surface area contributed by atoms with E-state index >= 15 is 0 Å². The summed E-state index contributed by atoms with van der Waals surface area (Å²) in [5.74, 6) is 2.00. The van der Waals surface area contributed by atoms with Crippen molar-refractivity contribution < 1.29 is 14.6 Å². The number of hydrogen-bond acceptors (Lipinski definition) is 3. The third-order valence-electron chi connectivity index (χ3n) is 3.69. The maximum absolute atomic E-state index is 10.2. The average Bonchev–Trinajstić information content (AvgIpc) is 2.38. The second kappa shape index (κ2) is 5.61. The Hall–Kier alpha value is -1.22. The van der Waals surface area contributed by atoms with E-state index in [0.717, 1.165) is 29.9 Å². The Morgan fingerprint density at radius 1 is 1.50 bits per heavy atom. The molecule has 1 N–H and O–H groups in total. The van der Waals surface area contributed by atoms with Gasteiger partial charge in [-0.2, -0.15) is 0 Å². The van der Waals surface area contributed by atoms with E-state index in [1.165, 1.54) is 0 Å². The van der Waals surface area contributed by atoms with Gasteiger partial charge in [-0.05, 0) is 24.5 Å². The molecule has 1 heterocycles. The quantitative estimate of drug-likeness (QED) is 0.891. The van der Waals surface area contributed by atoms with Crippen molar-refractivity contribution >= 4 is 0 Å². The highest BCUT2D eigenvalue weighted by Gasteiger charge is 2.30. The lowest BCUT2D eigenvalue weighted by atomic mass is 9.90. The lowest BCUT2D eigenvalue weighted by Gasteiger charge is -2.33. The van der Waals surface area contributed by atoms with Gasteiger partial charge in [-0.25, -0.2) is 0 Å². The summed E-state index contributed by atoms with van der Waals surface area (Å²) in [7, 11) is 1.64. The van der Waals surface area contributed by atoms with Gasteiger partial charge in [0.15, 0.2) is 0 Å². The zero-order valence-corrected chi connectivity index (χ0v) is 11.3. The van der Waals surface area contributed by atoms with Crippen LogP contribution in [0.25, 0.3) is 0 Å². The summed E-state index contributed by atoms with van der Waals surface area (Å²) in [5.41, 5.74) is 0.871. The third-order valence-corrected chi connectivity index (χ3v) is 3.69. The number of aliphatic hydroxyl groups is 1. The van der Waals surface area contributed by atoms with Gasteiger partial charge in [0.1, 0.15) is 17.6 Å². The van der Waals surface area contributed by atoms with Crippen LogP contribution >= 0.6 is 0 Å². The fourth-order valence-electron chi connectivity index (χ4n) is 2.57. The van der Waals surface area contributed by atoms with Crippen LogP contribution in [-0.2, 0) is 0 Å². The van der Waals surface area contributed by atoms with E-state index < -0.39 is 6.10 Å². The summed E-state index contributed by atoms with van der Waals surface area (Å²) in [6, 6.07) is 5.62. The van der Waals surface area contributed by atoms with E-state index in [9.17, 15) is 5.11 Å². The van der Waals surface area contributed by atoms with Crippen LogP contribution < -0.4 is 9.47 Å². The third kappa shape index (κ3) is 2.61. The van der Waals surface area contributed by atoms with Crippen molar-refractivity contribution in [2.75, 3.05) is 7.11 Å². The summed E-state index contributed by atoms with van der Waals surface area (Å²) in [6.07, 6.45) is 2.61. The van der Waals surface area contributed by atoms with E-state index in [1.807, 2.05) is 18.2 Å². The zero-order valence-electron chi connectivity index (χ0n) is 11.3. The smallest absolute Gasteiger partial charge is 0.129 e. The molecule has 0 bridgehead atoms. The highest BCUT2D eigenvalue weighted by Crippen LogP contribution is 2.39. The molecule has 0 saturated heterocycles. The molecule has 18 heavy (non-hydrogen) atoms. The molecule has 0 aromatic heterocycles. The first kappa shape index (κ1) is 13.2. The number of benzene rings is 1. The zero-order chi connectivity index (χ0) is 13.1. The maximum atomic E-state index is 10.2. The predicted octanol–water partition coefficient (Wildman–Crippen LogP) is 3.32. The molecule has 1 aromatic rings. The molecule has 0 radical (unpaired) electrons. The number of methoxy groups -OCH3 is 1. The Labute approximate surface area is 109 Å². The minimum absolute atomic E-state index is 0.0968. The molecular weight excluding hydrogens is 228 g/mol. The molecule has 2 rings (SSSR count). The molecule has 3 unspecified atom stereocenters. The molecule has 100 valence electrons. The predicted molar refractivity (Wildman–Crippen MR) is 71.1 cm³/mol. The molecule has 3 atom stereocenters. The van der Waals surface area contributed by atoms with Gasteiger partial charge in [0.05, 0.1) is 13.2 Å². The molecule has 0 saturated carbocycles. The van der Waals surface area contributed by atoms with Gasteiger partial charge in [-0.1, -0.05) is 20.3 Å². The largest absolute Gasteiger partial charge is 0.497 e. The summed E-state index contributed by atoms with van der Waals surface area (Å²) < 4.78 is 11.2. The Morgan fingerprint density at radius 3 is 2.94 bits per heavy atom. The van der Waals surface area contributed by atoms with Crippen LogP contribution in [-0.4, -0.2) is 18.3 Å². The molecule has 0 amide bonds. The lowest BCUT2D eigenvalue weighted by molar-refractivity contribution is 0.0359. The van der Waals surface area contributed by atoms with Crippen molar-refractivity contribution in [3.63, 3.8) is 0 Å². The van der Waals surface area contributed by atoms with Gasteiger partial charge in [-0.3, -0.25) is 0 Å². The normalized spacial score (nSPS) is 24.0. The molecule has 0 fully saturated rings. The van der Waals surface area contributed by atoms with Crippen LogP contribution in [0.5, 0.6) is 11.5 Å². The maximum Gasteiger partial charge on any atom is 0.129 e. The minimum atomic E-state index is -0.427. The Bertz CT molecular complexity index is 403. The van der Waals surface area contributed by atoms with Crippen molar-refractivity contribution in [3.8, 4) is 11.5 Å². The van der Waals surface area contributed by atoms with E-state index in [2.05, 4.69) is 13.8 Å². The molecule has 0 aliphatic carbocycles. The second-order valence-electron chi connectivity index (χ2n) is 5.08. The van der Waals surface area contributed by atoms with Crippen LogP contribution in [0.2, 0.25) is 0 Å². The Kier molecular flexibility index (Phi) is 4.12. The van der Waals surface area contributed by atoms with Crippen LogP contribution in [0.3, 0.4) is 0 Å². The fraction of sp³-hybridized carbons (Fsp3) is 0.600. The molecule has 3 heteroatoms. The van der Waals surface area contributed by atoms with Gasteiger partial charge >= 0.3 is 0 Å². The highest BCUT2D eigenvalue weighted by atomic mass is 16.5. The topological polar surface area (TPSA) is 38.7 Å². The molecule has 1 aromatic carbocycles. The van der Waals surface area contributed by atoms with Crippen molar-refractivity contribution in [3.05, 3.63) is 23.8 Å². The number of aliphatic hydroxyl groups excluding tert-OH is 1. The number of fused-ring (bicyclic) bond motifs is 1. The van der Waals surface area contributed by atoms with E-state index in [-0.39, 0.29) is 6.10 Å².